The maximum Gasteiger partial charge on any atom is 0.146 e. The molecular weight excluding hydrogens is 281 g/mol. The minimum atomic E-state index is -0.117. The molecule has 3 nitrogen and oxygen atoms in total. The Morgan fingerprint density at radius 2 is 1.95 bits per heavy atom. The number of piperidine rings is 1. The Balaban J connectivity index is 2.17. The smallest absolute Gasteiger partial charge is 0.146 e. The van der Waals surface area contributed by atoms with E-state index in [0.29, 0.717) is 0 Å². The van der Waals surface area contributed by atoms with Crippen LogP contribution in [0.2, 0.25) is 5.02 Å². The average molecular weight is 298 g/mol. The molecule has 19 heavy (non-hydrogen) atoms. The van der Waals surface area contributed by atoms with Gasteiger partial charge in [0.15, 0.2) is 0 Å². The van der Waals surface area contributed by atoms with Crippen LogP contribution >= 0.6 is 23.2 Å². The van der Waals surface area contributed by atoms with Crippen LogP contribution in [0.25, 0.3) is 11.0 Å². The van der Waals surface area contributed by atoms with Gasteiger partial charge in [0.05, 0.1) is 16.4 Å². The topological polar surface area (TPSA) is 21.1 Å². The highest BCUT2D eigenvalue weighted by Crippen LogP contribution is 2.27. The molecule has 0 amide bonds. The van der Waals surface area contributed by atoms with Crippen molar-refractivity contribution in [3.8, 4) is 0 Å². The molecule has 0 spiro atoms. The predicted molar refractivity (Wildman–Crippen MR) is 80.8 cm³/mol. The first-order valence-electron chi connectivity index (χ1n) is 6.74. The van der Waals surface area contributed by atoms with Crippen LogP contribution in [0.15, 0.2) is 18.2 Å². The van der Waals surface area contributed by atoms with Crippen molar-refractivity contribution in [3.05, 3.63) is 29.0 Å². The van der Waals surface area contributed by atoms with Crippen molar-refractivity contribution in [2.45, 2.75) is 31.6 Å². The van der Waals surface area contributed by atoms with E-state index in [1.54, 1.807) is 0 Å². The fourth-order valence-corrected chi connectivity index (χ4v) is 2.99. The van der Waals surface area contributed by atoms with E-state index in [1.165, 1.54) is 19.3 Å². The third-order valence-electron chi connectivity index (χ3n) is 3.59. The van der Waals surface area contributed by atoms with Gasteiger partial charge in [-0.3, -0.25) is 0 Å². The summed E-state index contributed by atoms with van der Waals surface area (Å²) in [5.41, 5.74) is 2.01. The molecule has 3 rings (SSSR count). The zero-order valence-electron chi connectivity index (χ0n) is 10.9. The van der Waals surface area contributed by atoms with E-state index in [2.05, 4.69) is 14.7 Å². The number of benzene rings is 1. The molecule has 1 fully saturated rings. The molecule has 1 atom stereocenters. The van der Waals surface area contributed by atoms with Gasteiger partial charge in [-0.05, 0) is 44.4 Å². The number of nitrogens with zero attached hydrogens (tertiary/aromatic N) is 3. The van der Waals surface area contributed by atoms with E-state index in [-0.39, 0.29) is 5.38 Å². The van der Waals surface area contributed by atoms with E-state index in [1.807, 2.05) is 25.1 Å². The van der Waals surface area contributed by atoms with Gasteiger partial charge in [0, 0.05) is 18.1 Å². The van der Waals surface area contributed by atoms with Crippen LogP contribution < -0.4 is 5.01 Å². The SMILES string of the molecule is CC(Cl)c1nc2ccc(Cl)cc2n1N1CCCCC1. The molecule has 0 bridgehead atoms. The van der Waals surface area contributed by atoms with Crippen LogP contribution in [-0.4, -0.2) is 22.7 Å². The Labute approximate surface area is 123 Å². The minimum absolute atomic E-state index is 0.117. The van der Waals surface area contributed by atoms with E-state index in [4.69, 9.17) is 23.2 Å². The van der Waals surface area contributed by atoms with Crippen molar-refractivity contribution >= 4 is 34.2 Å². The lowest BCUT2D eigenvalue weighted by atomic mass is 10.2. The molecule has 0 N–H and O–H groups in total. The molecule has 0 radical (unpaired) electrons. The third kappa shape index (κ3) is 2.41. The first kappa shape index (κ1) is 13.1. The van der Waals surface area contributed by atoms with Gasteiger partial charge in [-0.2, -0.15) is 0 Å². The van der Waals surface area contributed by atoms with Crippen LogP contribution in [0.1, 0.15) is 37.4 Å². The Morgan fingerprint density at radius 1 is 1.21 bits per heavy atom. The van der Waals surface area contributed by atoms with Crippen molar-refractivity contribution in [2.75, 3.05) is 18.1 Å². The van der Waals surface area contributed by atoms with Crippen molar-refractivity contribution in [3.63, 3.8) is 0 Å². The normalized spacial score (nSPS) is 17.9. The molecule has 1 aromatic heterocycles. The second kappa shape index (κ2) is 5.22. The summed E-state index contributed by atoms with van der Waals surface area (Å²) in [5, 5.41) is 2.95. The summed E-state index contributed by atoms with van der Waals surface area (Å²) in [4.78, 5) is 4.66. The molecule has 2 aromatic rings. The number of imidazole rings is 1. The van der Waals surface area contributed by atoms with Crippen LogP contribution in [0.4, 0.5) is 0 Å². The monoisotopic (exact) mass is 297 g/mol. The highest BCUT2D eigenvalue weighted by atomic mass is 35.5. The molecule has 1 unspecified atom stereocenters. The highest BCUT2D eigenvalue weighted by molar-refractivity contribution is 6.31. The molecule has 5 heteroatoms. The second-order valence-electron chi connectivity index (χ2n) is 5.05. The number of hydrogen-bond acceptors (Lipinski definition) is 2. The Bertz CT molecular complexity index is 586. The highest BCUT2D eigenvalue weighted by Gasteiger charge is 2.21. The van der Waals surface area contributed by atoms with Crippen molar-refractivity contribution in [1.82, 2.24) is 9.66 Å². The van der Waals surface area contributed by atoms with E-state index < -0.39 is 0 Å². The molecule has 1 saturated heterocycles. The molecule has 2 heterocycles. The lowest BCUT2D eigenvalue weighted by Crippen LogP contribution is -2.40. The summed E-state index contributed by atoms with van der Waals surface area (Å²) >= 11 is 12.4. The maximum atomic E-state index is 6.30. The van der Waals surface area contributed by atoms with Crippen molar-refractivity contribution in [1.29, 1.82) is 0 Å². The molecule has 1 aliphatic heterocycles. The summed E-state index contributed by atoms with van der Waals surface area (Å²) < 4.78 is 2.16. The summed E-state index contributed by atoms with van der Waals surface area (Å²) in [6.45, 7) is 4.06. The Kier molecular flexibility index (Phi) is 3.59. The van der Waals surface area contributed by atoms with Gasteiger partial charge in [0.1, 0.15) is 5.82 Å². The summed E-state index contributed by atoms with van der Waals surface area (Å²) in [6.07, 6.45) is 3.74. The van der Waals surface area contributed by atoms with Gasteiger partial charge < -0.3 is 5.01 Å². The second-order valence-corrected chi connectivity index (χ2v) is 6.14. The van der Waals surface area contributed by atoms with Crippen LogP contribution in [0.5, 0.6) is 0 Å². The quantitative estimate of drug-likeness (QED) is 0.778. The van der Waals surface area contributed by atoms with Gasteiger partial charge in [-0.25, -0.2) is 9.66 Å². The van der Waals surface area contributed by atoms with Crippen LogP contribution in [-0.2, 0) is 0 Å². The number of halogens is 2. The molecule has 102 valence electrons. The van der Waals surface area contributed by atoms with Gasteiger partial charge in [0.25, 0.3) is 0 Å². The molecule has 0 aliphatic carbocycles. The van der Waals surface area contributed by atoms with Gasteiger partial charge in [-0.15, -0.1) is 11.6 Å². The largest absolute Gasteiger partial charge is 0.311 e. The summed E-state index contributed by atoms with van der Waals surface area (Å²) in [5.74, 6) is 0.904. The van der Waals surface area contributed by atoms with Crippen molar-refractivity contribution in [2.24, 2.45) is 0 Å². The van der Waals surface area contributed by atoms with E-state index in [0.717, 1.165) is 35.0 Å². The van der Waals surface area contributed by atoms with Crippen molar-refractivity contribution < 1.29 is 0 Å². The molecule has 1 aliphatic rings. The van der Waals surface area contributed by atoms with Crippen LogP contribution in [0.3, 0.4) is 0 Å². The Hall–Kier alpha value is -0.930. The predicted octanol–water partition coefficient (Wildman–Crippen LogP) is 4.11. The first-order valence-corrected chi connectivity index (χ1v) is 7.55. The van der Waals surface area contributed by atoms with E-state index in [9.17, 15) is 0 Å². The fourth-order valence-electron chi connectivity index (χ4n) is 2.69. The lowest BCUT2D eigenvalue weighted by Gasteiger charge is -2.31. The minimum Gasteiger partial charge on any atom is -0.311 e. The number of aromatic nitrogens is 2. The maximum absolute atomic E-state index is 6.30. The first-order chi connectivity index (χ1) is 9.16. The average Bonchev–Trinajstić information content (AvgIpc) is 2.78. The number of fused-ring (bicyclic) bond motifs is 1. The zero-order chi connectivity index (χ0) is 13.4. The van der Waals surface area contributed by atoms with Gasteiger partial charge >= 0.3 is 0 Å². The molecule has 0 saturated carbocycles. The third-order valence-corrected chi connectivity index (χ3v) is 4.02. The lowest BCUT2D eigenvalue weighted by molar-refractivity contribution is 0.475. The fraction of sp³-hybridized carbons (Fsp3) is 0.500. The van der Waals surface area contributed by atoms with Gasteiger partial charge in [0.2, 0.25) is 0 Å². The molecular formula is C14H17Cl2N3. The number of alkyl halides is 1. The summed E-state index contributed by atoms with van der Waals surface area (Å²) in [7, 11) is 0. The Morgan fingerprint density at radius 3 is 2.63 bits per heavy atom. The van der Waals surface area contributed by atoms with Gasteiger partial charge in [-0.1, -0.05) is 11.6 Å². The summed E-state index contributed by atoms with van der Waals surface area (Å²) in [6, 6.07) is 5.81. The number of hydrogen-bond donors (Lipinski definition) is 0. The standard InChI is InChI=1S/C14H17Cl2N3/c1-10(15)14-17-12-6-5-11(16)9-13(12)19(14)18-7-3-2-4-8-18/h5-6,9-10H,2-4,7-8H2,1H3. The van der Waals surface area contributed by atoms with Crippen LogP contribution in [0, 0.1) is 0 Å². The van der Waals surface area contributed by atoms with E-state index >= 15 is 0 Å². The number of rotatable bonds is 2. The zero-order valence-corrected chi connectivity index (χ0v) is 12.5. The molecule has 1 aromatic carbocycles.